The predicted octanol–water partition coefficient (Wildman–Crippen LogP) is 3.00. The molecule has 1 heterocycles. The Morgan fingerprint density at radius 3 is 1.38 bits per heavy atom. The van der Waals surface area contributed by atoms with Gasteiger partial charge in [-0.1, -0.05) is 48.5 Å². The van der Waals surface area contributed by atoms with Gasteiger partial charge in [-0.05, 0) is 35.4 Å². The molecular weight excluding hydrogens is 428 g/mol. The van der Waals surface area contributed by atoms with Gasteiger partial charge < -0.3 is 20.4 Å². The van der Waals surface area contributed by atoms with E-state index in [1.54, 1.807) is 48.5 Å². The van der Waals surface area contributed by atoms with E-state index in [0.29, 0.717) is 65.9 Å². The molecule has 0 saturated heterocycles. The topological polar surface area (TPSA) is 107 Å². The highest BCUT2D eigenvalue weighted by Crippen LogP contribution is 2.36. The van der Waals surface area contributed by atoms with E-state index in [1.165, 1.54) is 0 Å². The van der Waals surface area contributed by atoms with Gasteiger partial charge in [0.15, 0.2) is 0 Å². The molecule has 0 bridgehead atoms. The molecule has 2 aliphatic carbocycles. The van der Waals surface area contributed by atoms with Crippen molar-refractivity contribution in [3.8, 4) is 0 Å². The summed E-state index contributed by atoms with van der Waals surface area (Å²) in [7, 11) is 0. The third-order valence-corrected chi connectivity index (χ3v) is 6.93. The Balaban J connectivity index is 1.58. The fourth-order valence-electron chi connectivity index (χ4n) is 5.32. The molecule has 34 heavy (non-hydrogen) atoms. The Kier molecular flexibility index (Phi) is 3.75. The van der Waals surface area contributed by atoms with Crippen LogP contribution in [0.2, 0.25) is 0 Å². The average Bonchev–Trinajstić information content (AvgIpc) is 2.88. The van der Waals surface area contributed by atoms with Crippen molar-refractivity contribution >= 4 is 33.6 Å². The van der Waals surface area contributed by atoms with Gasteiger partial charge in [0, 0.05) is 32.7 Å². The van der Waals surface area contributed by atoms with Gasteiger partial charge in [-0.15, -0.1) is 0 Å². The molecule has 164 valence electrons. The molecule has 0 amide bonds. The molecule has 5 aromatic rings. The lowest BCUT2D eigenvalue weighted by Crippen LogP contribution is -2.26. The maximum atomic E-state index is 11.2. The molecule has 2 aliphatic rings. The van der Waals surface area contributed by atoms with E-state index in [9.17, 15) is 20.4 Å². The highest BCUT2D eigenvalue weighted by Gasteiger charge is 2.29. The Hall–Kier alpha value is -4.26. The van der Waals surface area contributed by atoms with E-state index in [-0.39, 0.29) is 11.5 Å². The molecular formula is C28H18N2O4. The average molecular weight is 446 g/mol. The standard InChI is InChI=1S/C28H18N2O4/c31-25-13-5-1-3-7-15(13)27(33)21-17(25)9-11-19-23(21)29-20-12-10-18-22(24(20)30-19)28(34)16-8-4-2-6-14(16)26(18)32/h1-12,27-28,31-34H/t27-,28+. The third-order valence-electron chi connectivity index (χ3n) is 6.93. The van der Waals surface area contributed by atoms with Crippen LogP contribution in [0.3, 0.4) is 0 Å². The summed E-state index contributed by atoms with van der Waals surface area (Å²) in [5.41, 5.74) is 5.43. The summed E-state index contributed by atoms with van der Waals surface area (Å²) in [5, 5.41) is 45.3. The minimum atomic E-state index is -0.968. The molecule has 7 rings (SSSR count). The van der Waals surface area contributed by atoms with Crippen LogP contribution < -0.4 is 10.4 Å². The SMILES string of the molecule is OC1=c2ccc3nc4c5c(ccc4nc3c2[C@H](O)c2ccccc21)=C(O)c1ccccc1[C@@H]5O. The van der Waals surface area contributed by atoms with E-state index in [2.05, 4.69) is 0 Å². The van der Waals surface area contributed by atoms with Crippen LogP contribution in [-0.4, -0.2) is 30.4 Å². The smallest absolute Gasteiger partial charge is 0.130 e. The largest absolute Gasteiger partial charge is 0.507 e. The quantitative estimate of drug-likeness (QED) is 0.273. The molecule has 1 aromatic heterocycles. The fraction of sp³-hybridized carbons (Fsp3) is 0.0714. The fourth-order valence-corrected chi connectivity index (χ4v) is 5.32. The van der Waals surface area contributed by atoms with Gasteiger partial charge >= 0.3 is 0 Å². The lowest BCUT2D eigenvalue weighted by atomic mass is 9.87. The minimum Gasteiger partial charge on any atom is -0.507 e. The highest BCUT2D eigenvalue weighted by molar-refractivity contribution is 5.92. The lowest BCUT2D eigenvalue weighted by molar-refractivity contribution is 0.217. The number of nitrogens with zero attached hydrogens (tertiary/aromatic N) is 2. The summed E-state index contributed by atoms with van der Waals surface area (Å²) in [6, 6.07) is 21.4. The van der Waals surface area contributed by atoms with Crippen LogP contribution in [0.5, 0.6) is 0 Å². The second-order valence-electron chi connectivity index (χ2n) is 8.69. The molecule has 0 aliphatic heterocycles. The summed E-state index contributed by atoms with van der Waals surface area (Å²) < 4.78 is 0. The number of aliphatic hydroxyl groups is 4. The second-order valence-corrected chi connectivity index (χ2v) is 8.69. The van der Waals surface area contributed by atoms with E-state index in [0.717, 1.165) is 0 Å². The maximum absolute atomic E-state index is 11.2. The first-order valence-electron chi connectivity index (χ1n) is 11.0. The summed E-state index contributed by atoms with van der Waals surface area (Å²) in [5.74, 6) is 0.188. The van der Waals surface area contributed by atoms with Gasteiger partial charge in [0.1, 0.15) is 23.7 Å². The number of benzene rings is 4. The van der Waals surface area contributed by atoms with Crippen molar-refractivity contribution in [1.29, 1.82) is 0 Å². The van der Waals surface area contributed by atoms with E-state index in [4.69, 9.17) is 9.97 Å². The zero-order valence-corrected chi connectivity index (χ0v) is 17.8. The number of aromatic nitrogens is 2. The Morgan fingerprint density at radius 2 is 0.941 bits per heavy atom. The zero-order valence-electron chi connectivity index (χ0n) is 17.8. The Bertz CT molecular complexity index is 1690. The predicted molar refractivity (Wildman–Crippen MR) is 128 cm³/mol. The minimum absolute atomic E-state index is 0.0942. The highest BCUT2D eigenvalue weighted by atomic mass is 16.3. The first-order chi connectivity index (χ1) is 16.5. The van der Waals surface area contributed by atoms with Crippen molar-refractivity contribution in [3.63, 3.8) is 0 Å². The second kappa shape index (κ2) is 6.63. The summed E-state index contributed by atoms with van der Waals surface area (Å²) >= 11 is 0. The molecule has 0 radical (unpaired) electrons. The number of aliphatic hydroxyl groups excluding tert-OH is 4. The maximum Gasteiger partial charge on any atom is 0.130 e. The van der Waals surface area contributed by atoms with Gasteiger partial charge in [-0.2, -0.15) is 0 Å². The molecule has 6 heteroatoms. The first kappa shape index (κ1) is 19.2. The number of rotatable bonds is 0. The first-order valence-corrected chi connectivity index (χ1v) is 11.0. The van der Waals surface area contributed by atoms with Crippen LogP contribution in [-0.2, 0) is 0 Å². The summed E-state index contributed by atoms with van der Waals surface area (Å²) in [6.45, 7) is 0. The van der Waals surface area contributed by atoms with Crippen LogP contribution in [0.1, 0.15) is 45.6 Å². The van der Waals surface area contributed by atoms with Gasteiger partial charge in [0.25, 0.3) is 0 Å². The van der Waals surface area contributed by atoms with Gasteiger partial charge in [0.2, 0.25) is 0 Å². The molecule has 0 fully saturated rings. The van der Waals surface area contributed by atoms with Crippen molar-refractivity contribution < 1.29 is 20.4 Å². The monoisotopic (exact) mass is 446 g/mol. The van der Waals surface area contributed by atoms with Gasteiger partial charge in [0.05, 0.1) is 22.1 Å². The van der Waals surface area contributed by atoms with Crippen LogP contribution in [0.4, 0.5) is 0 Å². The van der Waals surface area contributed by atoms with Crippen LogP contribution in [0, 0.1) is 0 Å². The van der Waals surface area contributed by atoms with Gasteiger partial charge in [-0.3, -0.25) is 0 Å². The van der Waals surface area contributed by atoms with Crippen molar-refractivity contribution in [1.82, 2.24) is 9.97 Å². The van der Waals surface area contributed by atoms with Crippen LogP contribution in [0.15, 0.2) is 72.8 Å². The van der Waals surface area contributed by atoms with Crippen molar-refractivity contribution in [2.45, 2.75) is 12.2 Å². The number of hydrogen-bond donors (Lipinski definition) is 4. The van der Waals surface area contributed by atoms with E-state index in [1.807, 2.05) is 24.3 Å². The number of hydrogen-bond acceptors (Lipinski definition) is 6. The van der Waals surface area contributed by atoms with Crippen molar-refractivity contribution in [2.24, 2.45) is 0 Å². The summed E-state index contributed by atoms with van der Waals surface area (Å²) in [6.07, 6.45) is -1.94. The third kappa shape index (κ3) is 2.36. The lowest BCUT2D eigenvalue weighted by Gasteiger charge is -2.24. The summed E-state index contributed by atoms with van der Waals surface area (Å²) in [4.78, 5) is 9.65. The van der Waals surface area contributed by atoms with E-state index < -0.39 is 12.2 Å². The molecule has 0 saturated carbocycles. The van der Waals surface area contributed by atoms with E-state index >= 15 is 0 Å². The van der Waals surface area contributed by atoms with Gasteiger partial charge in [-0.25, -0.2) is 9.97 Å². The molecule has 0 unspecified atom stereocenters. The molecule has 4 aromatic carbocycles. The van der Waals surface area contributed by atoms with Crippen molar-refractivity contribution in [2.75, 3.05) is 0 Å². The molecule has 4 N–H and O–H groups in total. The normalized spacial score (nSPS) is 18.4. The van der Waals surface area contributed by atoms with Crippen LogP contribution >= 0.6 is 0 Å². The Morgan fingerprint density at radius 1 is 0.529 bits per heavy atom. The molecule has 6 nitrogen and oxygen atoms in total. The Labute approximate surface area is 193 Å². The zero-order chi connectivity index (χ0) is 23.1. The number of fused-ring (bicyclic) bond motifs is 8. The molecule has 0 spiro atoms. The molecule has 2 atom stereocenters. The van der Waals surface area contributed by atoms with Crippen LogP contribution in [0.25, 0.3) is 33.6 Å². The van der Waals surface area contributed by atoms with Crippen molar-refractivity contribution in [3.05, 3.63) is 117 Å².